The first-order chi connectivity index (χ1) is 7.80. The second kappa shape index (κ2) is 3.50. The van der Waals surface area contributed by atoms with E-state index in [9.17, 15) is 10.4 Å². The molecule has 2 rings (SSSR count). The van der Waals surface area contributed by atoms with E-state index < -0.39 is 11.1 Å². The third-order valence-electron chi connectivity index (χ3n) is 4.01. The summed E-state index contributed by atoms with van der Waals surface area (Å²) in [5, 5.41) is 24.7. The maximum atomic E-state index is 10.3. The van der Waals surface area contributed by atoms with E-state index in [2.05, 4.69) is 5.32 Å². The van der Waals surface area contributed by atoms with Crippen molar-refractivity contribution >= 4 is 5.84 Å². The summed E-state index contributed by atoms with van der Waals surface area (Å²) in [7, 11) is 0. The molecule has 2 heterocycles. The topological polar surface area (TPSA) is 58.7 Å². The summed E-state index contributed by atoms with van der Waals surface area (Å²) < 4.78 is 1.14. The summed E-state index contributed by atoms with van der Waals surface area (Å²) >= 11 is 0. The summed E-state index contributed by atoms with van der Waals surface area (Å²) in [5.74, 6) is 0.406. The minimum Gasteiger partial charge on any atom is -0.387 e. The van der Waals surface area contributed by atoms with Crippen LogP contribution in [0.1, 0.15) is 27.7 Å². The highest BCUT2D eigenvalue weighted by Crippen LogP contribution is 2.36. The molecule has 0 bridgehead atoms. The van der Waals surface area contributed by atoms with Crippen LogP contribution in [0.25, 0.3) is 0 Å². The predicted octanol–water partition coefficient (Wildman–Crippen LogP) is 1.09. The Balaban J connectivity index is 2.51. The zero-order valence-electron chi connectivity index (χ0n) is 10.7. The van der Waals surface area contributed by atoms with Gasteiger partial charge < -0.3 is 10.5 Å². The summed E-state index contributed by atoms with van der Waals surface area (Å²) in [5.41, 5.74) is -0.397. The minimum atomic E-state index is -0.580. The Morgan fingerprint density at radius 2 is 2.00 bits per heavy atom. The number of hydrogen-bond donors (Lipinski definition) is 3. The highest BCUT2D eigenvalue weighted by molar-refractivity contribution is 5.97. The number of nitrogens with zero attached hydrogens (tertiary/aromatic N) is 2. The first-order valence-corrected chi connectivity index (χ1v) is 5.76. The first kappa shape index (κ1) is 12.0. The molecule has 2 aliphatic rings. The lowest BCUT2D eigenvalue weighted by Crippen LogP contribution is -2.54. The maximum absolute atomic E-state index is 10.3. The molecule has 0 aliphatic carbocycles. The number of dihydropyridines is 1. The van der Waals surface area contributed by atoms with Crippen LogP contribution < -0.4 is 5.32 Å². The van der Waals surface area contributed by atoms with Crippen LogP contribution in [0.15, 0.2) is 23.9 Å². The summed E-state index contributed by atoms with van der Waals surface area (Å²) in [6, 6.07) is 0. The summed E-state index contributed by atoms with van der Waals surface area (Å²) in [6.07, 6.45) is 5.62. The molecule has 5 nitrogen and oxygen atoms in total. The molecule has 0 saturated carbocycles. The molecule has 0 unspecified atom stereocenters. The molecule has 0 atom stereocenters. The third-order valence-corrected chi connectivity index (χ3v) is 4.01. The van der Waals surface area contributed by atoms with Gasteiger partial charge >= 0.3 is 5.84 Å². The van der Waals surface area contributed by atoms with Crippen LogP contribution in [0, 0.1) is 0 Å². The number of rotatable bonds is 1. The van der Waals surface area contributed by atoms with Crippen LogP contribution in [0.4, 0.5) is 0 Å². The van der Waals surface area contributed by atoms with Gasteiger partial charge in [0.25, 0.3) is 0 Å². The van der Waals surface area contributed by atoms with Crippen molar-refractivity contribution in [3.8, 4) is 0 Å². The molecule has 0 amide bonds. The normalized spacial score (nSPS) is 25.9. The van der Waals surface area contributed by atoms with Crippen LogP contribution in [0.2, 0.25) is 0 Å². The van der Waals surface area contributed by atoms with Gasteiger partial charge in [-0.15, -0.1) is 5.06 Å². The SMILES string of the molecule is CC1(C)N(O)C(C2=CNCC=C2)=[N+](O)C1(C)C. The lowest BCUT2D eigenvalue weighted by atomic mass is 9.84. The molecule has 0 fully saturated rings. The van der Waals surface area contributed by atoms with Crippen molar-refractivity contribution in [3.05, 3.63) is 23.9 Å². The number of hydrogen-bond acceptors (Lipinski definition) is 4. The van der Waals surface area contributed by atoms with E-state index in [0.29, 0.717) is 5.84 Å². The van der Waals surface area contributed by atoms with E-state index in [0.717, 1.165) is 21.9 Å². The van der Waals surface area contributed by atoms with Gasteiger partial charge in [0.05, 0.1) is 5.57 Å². The fraction of sp³-hybridized carbons (Fsp3) is 0.583. The molecule has 5 heteroatoms. The van der Waals surface area contributed by atoms with Gasteiger partial charge in [-0.2, -0.15) is 0 Å². The number of nitrogens with one attached hydrogen (secondary N) is 1. The Bertz CT molecular complexity index is 433. The van der Waals surface area contributed by atoms with Crippen molar-refractivity contribution in [3.63, 3.8) is 0 Å². The molecule has 0 aromatic rings. The summed E-state index contributed by atoms with van der Waals surface area (Å²) in [4.78, 5) is 0. The van der Waals surface area contributed by atoms with Gasteiger partial charge in [0.2, 0.25) is 0 Å². The van der Waals surface area contributed by atoms with Gasteiger partial charge in [-0.25, -0.2) is 5.21 Å². The van der Waals surface area contributed by atoms with Gasteiger partial charge in [-0.1, -0.05) is 10.8 Å². The smallest absolute Gasteiger partial charge is 0.350 e. The third kappa shape index (κ3) is 1.45. The van der Waals surface area contributed by atoms with Crippen LogP contribution in [0.5, 0.6) is 0 Å². The molecule has 94 valence electrons. The number of hydroxylamine groups is 3. The highest BCUT2D eigenvalue weighted by atomic mass is 16.5. The molecule has 0 spiro atoms. The molecule has 0 aromatic heterocycles. The number of amidine groups is 1. The molecule has 0 radical (unpaired) electrons. The maximum Gasteiger partial charge on any atom is 0.350 e. The Hall–Kier alpha value is -1.49. The predicted molar refractivity (Wildman–Crippen MR) is 64.1 cm³/mol. The van der Waals surface area contributed by atoms with E-state index in [1.54, 1.807) is 6.20 Å². The largest absolute Gasteiger partial charge is 0.387 e. The van der Waals surface area contributed by atoms with Crippen molar-refractivity contribution in [2.45, 2.75) is 38.8 Å². The van der Waals surface area contributed by atoms with Crippen molar-refractivity contribution in [2.24, 2.45) is 0 Å². The van der Waals surface area contributed by atoms with Gasteiger partial charge in [0, 0.05) is 12.7 Å². The summed E-state index contributed by atoms with van der Waals surface area (Å²) in [6.45, 7) is 8.33. The monoisotopic (exact) mass is 238 g/mol. The van der Waals surface area contributed by atoms with Gasteiger partial charge in [-0.05, 0) is 33.8 Å². The molecule has 17 heavy (non-hydrogen) atoms. The second-order valence-corrected chi connectivity index (χ2v) is 5.48. The molecule has 0 saturated heterocycles. The van der Waals surface area contributed by atoms with Crippen molar-refractivity contribution in [2.75, 3.05) is 6.54 Å². The Morgan fingerprint density at radius 3 is 2.41 bits per heavy atom. The van der Waals surface area contributed by atoms with Crippen LogP contribution in [-0.2, 0) is 0 Å². The van der Waals surface area contributed by atoms with E-state index >= 15 is 0 Å². The Morgan fingerprint density at radius 1 is 1.35 bits per heavy atom. The second-order valence-electron chi connectivity index (χ2n) is 5.48. The Labute approximate surface area is 101 Å². The van der Waals surface area contributed by atoms with Gasteiger partial charge in [0.15, 0.2) is 11.1 Å². The van der Waals surface area contributed by atoms with Crippen molar-refractivity contribution < 1.29 is 15.2 Å². The fourth-order valence-corrected chi connectivity index (χ4v) is 1.99. The van der Waals surface area contributed by atoms with E-state index in [-0.39, 0.29) is 0 Å². The Kier molecular flexibility index (Phi) is 2.47. The van der Waals surface area contributed by atoms with E-state index in [4.69, 9.17) is 0 Å². The van der Waals surface area contributed by atoms with Crippen LogP contribution in [0.3, 0.4) is 0 Å². The molecule has 2 aliphatic heterocycles. The first-order valence-electron chi connectivity index (χ1n) is 5.76. The lowest BCUT2D eigenvalue weighted by Gasteiger charge is -2.29. The van der Waals surface area contributed by atoms with Crippen LogP contribution >= 0.6 is 0 Å². The van der Waals surface area contributed by atoms with Gasteiger partial charge in [0.1, 0.15) is 0 Å². The minimum absolute atomic E-state index is 0.406. The quantitative estimate of drug-likeness (QED) is 0.473. The van der Waals surface area contributed by atoms with Crippen LogP contribution in [-0.4, -0.2) is 43.7 Å². The molecular formula is C12H20N3O2+. The zero-order chi connectivity index (χ0) is 12.8. The van der Waals surface area contributed by atoms with Crippen molar-refractivity contribution in [1.82, 2.24) is 10.4 Å². The standard InChI is InChI=1S/C12H19N3O2/c1-11(2)12(3,4)15(17)10(14(11)16)9-6-5-7-13-8-9/h5-6,8,16-17H,7H2,1-4H3/p+1. The van der Waals surface area contributed by atoms with Crippen molar-refractivity contribution in [1.29, 1.82) is 0 Å². The lowest BCUT2D eigenvalue weighted by molar-refractivity contribution is -0.820. The fourth-order valence-electron chi connectivity index (χ4n) is 1.99. The average Bonchev–Trinajstić information content (AvgIpc) is 2.40. The van der Waals surface area contributed by atoms with E-state index in [1.165, 1.54) is 0 Å². The van der Waals surface area contributed by atoms with E-state index in [1.807, 2.05) is 39.8 Å². The molecule has 0 aromatic carbocycles. The van der Waals surface area contributed by atoms with Gasteiger partial charge in [-0.3, -0.25) is 0 Å². The average molecular weight is 238 g/mol. The molecular weight excluding hydrogens is 218 g/mol. The zero-order valence-corrected chi connectivity index (χ0v) is 10.7. The molecule has 3 N–H and O–H groups in total. The highest BCUT2D eigenvalue weighted by Gasteiger charge is 2.62.